The van der Waals surface area contributed by atoms with Crippen LogP contribution >= 0.6 is 34.3 Å². The molecule has 0 aliphatic carbocycles. The summed E-state index contributed by atoms with van der Waals surface area (Å²) in [7, 11) is 1.53. The number of nitrogens with zero attached hydrogens (tertiary/aromatic N) is 1. The van der Waals surface area contributed by atoms with Crippen molar-refractivity contribution in [2.45, 2.75) is 18.9 Å². The van der Waals surface area contributed by atoms with Gasteiger partial charge in [0.05, 0.1) is 34.0 Å². The first-order valence-electron chi connectivity index (χ1n) is 6.72. The number of aliphatic hydroxyl groups is 1. The largest absolute Gasteiger partial charge is 0.391 e. The third-order valence-electron chi connectivity index (χ3n) is 2.84. The number of aromatic nitrogens is 1. The van der Waals surface area contributed by atoms with Crippen LogP contribution in [0.2, 0.25) is 4.34 Å². The molecule has 0 saturated heterocycles. The number of carbonyl (C=O) groups is 1. The summed E-state index contributed by atoms with van der Waals surface area (Å²) in [6.07, 6.45) is 0.144. The molecule has 22 heavy (non-hydrogen) atoms. The van der Waals surface area contributed by atoms with Crippen LogP contribution in [0.3, 0.4) is 0 Å². The quantitative estimate of drug-likeness (QED) is 0.759. The van der Waals surface area contributed by atoms with E-state index in [0.29, 0.717) is 13.0 Å². The molecule has 8 heteroatoms. The van der Waals surface area contributed by atoms with Gasteiger partial charge in [-0.25, -0.2) is 4.98 Å². The Hall–Kier alpha value is -0.990. The van der Waals surface area contributed by atoms with Gasteiger partial charge in [-0.3, -0.25) is 4.79 Å². The lowest BCUT2D eigenvalue weighted by Crippen LogP contribution is -2.29. The summed E-state index contributed by atoms with van der Waals surface area (Å²) >= 11 is 8.87. The number of carbonyl (C=O) groups excluding carboxylic acids is 1. The zero-order valence-electron chi connectivity index (χ0n) is 12.0. The van der Waals surface area contributed by atoms with Crippen molar-refractivity contribution < 1.29 is 14.6 Å². The van der Waals surface area contributed by atoms with Gasteiger partial charge in [0.2, 0.25) is 5.91 Å². The second-order valence-electron chi connectivity index (χ2n) is 4.67. The standard InChI is InChI=1S/C14H17ClN2O3S2/c1-20-7-10(18)4-5-16-13(19)6-9-8-21-14(17-9)11-2-3-12(15)22-11/h2-3,8,10,18H,4-7H2,1H3,(H,16,19)/t10-/m1/s1. The Labute approximate surface area is 141 Å². The highest BCUT2D eigenvalue weighted by Gasteiger charge is 2.11. The summed E-state index contributed by atoms with van der Waals surface area (Å²) in [6, 6.07) is 3.76. The van der Waals surface area contributed by atoms with Crippen molar-refractivity contribution in [3.63, 3.8) is 0 Å². The zero-order chi connectivity index (χ0) is 15.9. The summed E-state index contributed by atoms with van der Waals surface area (Å²) in [5.41, 5.74) is 0.736. The molecule has 2 rings (SSSR count). The molecule has 0 aromatic carbocycles. The number of halogens is 1. The van der Waals surface area contributed by atoms with E-state index in [2.05, 4.69) is 10.3 Å². The average Bonchev–Trinajstić information content (AvgIpc) is 3.08. The van der Waals surface area contributed by atoms with E-state index in [1.165, 1.54) is 29.8 Å². The lowest BCUT2D eigenvalue weighted by atomic mass is 10.2. The molecule has 0 radical (unpaired) electrons. The van der Waals surface area contributed by atoms with E-state index in [0.717, 1.165) is 19.9 Å². The summed E-state index contributed by atoms with van der Waals surface area (Å²) in [5, 5.41) is 15.0. The van der Waals surface area contributed by atoms with Gasteiger partial charge in [0.25, 0.3) is 0 Å². The molecular formula is C14H17ClN2O3S2. The summed E-state index contributed by atoms with van der Waals surface area (Å²) in [5.74, 6) is -0.106. The monoisotopic (exact) mass is 360 g/mol. The minimum absolute atomic E-state index is 0.106. The Balaban J connectivity index is 1.79. The average molecular weight is 361 g/mol. The van der Waals surface area contributed by atoms with Crippen LogP contribution in [0.15, 0.2) is 17.5 Å². The number of hydrogen-bond acceptors (Lipinski definition) is 6. The third kappa shape index (κ3) is 5.33. The number of thiophene rings is 1. The van der Waals surface area contributed by atoms with Crippen LogP contribution < -0.4 is 5.32 Å². The van der Waals surface area contributed by atoms with Crippen molar-refractivity contribution in [1.29, 1.82) is 0 Å². The first kappa shape index (κ1) is 17.4. The zero-order valence-corrected chi connectivity index (χ0v) is 14.4. The molecule has 2 aromatic heterocycles. The van der Waals surface area contributed by atoms with Crippen molar-refractivity contribution >= 4 is 40.2 Å². The Morgan fingerprint density at radius 3 is 3.05 bits per heavy atom. The number of rotatable bonds is 8. The van der Waals surface area contributed by atoms with Crippen LogP contribution in [0.4, 0.5) is 0 Å². The van der Waals surface area contributed by atoms with E-state index in [9.17, 15) is 9.90 Å². The molecule has 0 bridgehead atoms. The minimum atomic E-state index is -0.556. The van der Waals surface area contributed by atoms with Crippen molar-refractivity contribution in [3.8, 4) is 9.88 Å². The van der Waals surface area contributed by atoms with E-state index >= 15 is 0 Å². The topological polar surface area (TPSA) is 71.5 Å². The summed E-state index contributed by atoms with van der Waals surface area (Å²) < 4.78 is 5.54. The van der Waals surface area contributed by atoms with Gasteiger partial charge >= 0.3 is 0 Å². The maximum Gasteiger partial charge on any atom is 0.226 e. The Bertz CT molecular complexity index is 615. The van der Waals surface area contributed by atoms with Crippen molar-refractivity contribution in [1.82, 2.24) is 10.3 Å². The van der Waals surface area contributed by atoms with Crippen molar-refractivity contribution in [2.75, 3.05) is 20.3 Å². The number of aliphatic hydroxyl groups excluding tert-OH is 1. The van der Waals surface area contributed by atoms with E-state index in [4.69, 9.17) is 16.3 Å². The molecule has 2 N–H and O–H groups in total. The molecule has 0 unspecified atom stereocenters. The number of hydrogen-bond donors (Lipinski definition) is 2. The highest BCUT2D eigenvalue weighted by Crippen LogP contribution is 2.32. The highest BCUT2D eigenvalue weighted by molar-refractivity contribution is 7.23. The molecule has 0 aliphatic rings. The molecule has 0 spiro atoms. The predicted octanol–water partition coefficient (Wildman–Crippen LogP) is 2.58. The van der Waals surface area contributed by atoms with Crippen LogP contribution in [0, 0.1) is 0 Å². The second kappa shape index (κ2) is 8.59. The lowest BCUT2D eigenvalue weighted by Gasteiger charge is -2.09. The maximum absolute atomic E-state index is 11.8. The van der Waals surface area contributed by atoms with E-state index in [-0.39, 0.29) is 18.9 Å². The van der Waals surface area contributed by atoms with E-state index in [1.807, 2.05) is 17.5 Å². The first-order chi connectivity index (χ1) is 10.6. The fourth-order valence-electron chi connectivity index (χ4n) is 1.81. The molecule has 5 nitrogen and oxygen atoms in total. The van der Waals surface area contributed by atoms with Crippen LogP contribution in [0.1, 0.15) is 12.1 Å². The Morgan fingerprint density at radius 1 is 1.55 bits per heavy atom. The normalized spacial score (nSPS) is 12.3. The van der Waals surface area contributed by atoms with E-state index < -0.39 is 6.10 Å². The van der Waals surface area contributed by atoms with Gasteiger partial charge in [-0.05, 0) is 18.6 Å². The molecule has 120 valence electrons. The Morgan fingerprint density at radius 2 is 2.36 bits per heavy atom. The smallest absolute Gasteiger partial charge is 0.226 e. The lowest BCUT2D eigenvalue weighted by molar-refractivity contribution is -0.120. The second-order valence-corrected chi connectivity index (χ2v) is 7.25. The van der Waals surface area contributed by atoms with Crippen LogP contribution in [-0.4, -0.2) is 42.4 Å². The molecule has 0 saturated carbocycles. The van der Waals surface area contributed by atoms with Gasteiger partial charge in [0.1, 0.15) is 5.01 Å². The molecule has 2 heterocycles. The molecular weight excluding hydrogens is 344 g/mol. The molecule has 2 aromatic rings. The highest BCUT2D eigenvalue weighted by atomic mass is 35.5. The van der Waals surface area contributed by atoms with Crippen LogP contribution in [-0.2, 0) is 16.0 Å². The van der Waals surface area contributed by atoms with Gasteiger partial charge in [0, 0.05) is 19.0 Å². The predicted molar refractivity (Wildman–Crippen MR) is 89.7 cm³/mol. The third-order valence-corrected chi connectivity index (χ3v) is 5.13. The number of amides is 1. The fraction of sp³-hybridized carbons (Fsp3) is 0.429. The number of methoxy groups -OCH3 is 1. The SMILES string of the molecule is COC[C@H](O)CCNC(=O)Cc1csc(-c2ccc(Cl)s2)n1. The molecule has 0 aliphatic heterocycles. The van der Waals surface area contributed by atoms with Gasteiger partial charge in [0.15, 0.2) is 0 Å². The summed E-state index contributed by atoms with van der Waals surface area (Å²) in [4.78, 5) is 17.3. The number of thiazole rings is 1. The molecule has 1 amide bonds. The maximum atomic E-state index is 11.8. The van der Waals surface area contributed by atoms with Gasteiger partial charge in [-0.1, -0.05) is 11.6 Å². The fourth-order valence-corrected chi connectivity index (χ4v) is 3.75. The van der Waals surface area contributed by atoms with E-state index in [1.54, 1.807) is 0 Å². The Kier molecular flexibility index (Phi) is 6.78. The van der Waals surface area contributed by atoms with Crippen molar-refractivity contribution in [3.05, 3.63) is 27.5 Å². The summed E-state index contributed by atoms with van der Waals surface area (Å²) in [6.45, 7) is 0.690. The number of nitrogens with one attached hydrogen (secondary N) is 1. The van der Waals surface area contributed by atoms with Crippen LogP contribution in [0.25, 0.3) is 9.88 Å². The molecule has 1 atom stereocenters. The molecule has 0 fully saturated rings. The number of ether oxygens (including phenoxy) is 1. The van der Waals surface area contributed by atoms with Crippen LogP contribution in [0.5, 0.6) is 0 Å². The van der Waals surface area contributed by atoms with Gasteiger partial charge < -0.3 is 15.2 Å². The van der Waals surface area contributed by atoms with Gasteiger partial charge in [-0.15, -0.1) is 22.7 Å². The van der Waals surface area contributed by atoms with Gasteiger partial charge in [-0.2, -0.15) is 0 Å². The van der Waals surface area contributed by atoms with Crippen molar-refractivity contribution in [2.24, 2.45) is 0 Å². The first-order valence-corrected chi connectivity index (χ1v) is 8.79. The minimum Gasteiger partial charge on any atom is -0.391 e.